The zero-order chi connectivity index (χ0) is 13.3. The van der Waals surface area contributed by atoms with Gasteiger partial charge in [0, 0.05) is 12.2 Å². The summed E-state index contributed by atoms with van der Waals surface area (Å²) in [6.07, 6.45) is 3.55. The largest absolute Gasteiger partial charge is 0.497 e. The molecule has 0 spiro atoms. The molecule has 0 aliphatic heterocycles. The Kier molecular flexibility index (Phi) is 5.30. The fraction of sp³-hybridized carbons (Fsp3) is 0.294. The number of rotatable bonds is 7. The molecule has 0 amide bonds. The van der Waals surface area contributed by atoms with Gasteiger partial charge in [-0.05, 0) is 49.1 Å². The third-order valence-electron chi connectivity index (χ3n) is 3.15. The number of benzene rings is 2. The number of hydrogen-bond acceptors (Lipinski definition) is 2. The lowest BCUT2D eigenvalue weighted by Gasteiger charge is -2.07. The first-order valence-electron chi connectivity index (χ1n) is 6.80. The zero-order valence-electron chi connectivity index (χ0n) is 11.4. The summed E-state index contributed by atoms with van der Waals surface area (Å²) in [6, 6.07) is 18.7. The number of hydrogen-bond donors (Lipinski definition) is 1. The van der Waals surface area contributed by atoms with Crippen molar-refractivity contribution in [3.05, 3.63) is 60.2 Å². The van der Waals surface area contributed by atoms with Crippen LogP contribution in [0.1, 0.15) is 18.4 Å². The maximum absolute atomic E-state index is 5.13. The van der Waals surface area contributed by atoms with E-state index in [9.17, 15) is 0 Å². The molecule has 2 heteroatoms. The van der Waals surface area contributed by atoms with Gasteiger partial charge < -0.3 is 10.1 Å². The van der Waals surface area contributed by atoms with Crippen LogP contribution in [-0.2, 0) is 6.42 Å². The molecule has 2 rings (SSSR count). The highest BCUT2D eigenvalue weighted by molar-refractivity contribution is 5.46. The molecule has 0 bridgehead atoms. The van der Waals surface area contributed by atoms with Gasteiger partial charge in [0.15, 0.2) is 0 Å². The fourth-order valence-corrected chi connectivity index (χ4v) is 2.04. The van der Waals surface area contributed by atoms with E-state index in [1.807, 2.05) is 12.1 Å². The quantitative estimate of drug-likeness (QED) is 0.751. The zero-order valence-corrected chi connectivity index (χ0v) is 11.4. The number of unbranched alkanes of at least 4 members (excludes halogenated alkanes) is 1. The second-order valence-electron chi connectivity index (χ2n) is 4.60. The number of nitrogens with one attached hydrogen (secondary N) is 1. The van der Waals surface area contributed by atoms with E-state index >= 15 is 0 Å². The van der Waals surface area contributed by atoms with Crippen molar-refractivity contribution in [2.24, 2.45) is 0 Å². The molecule has 0 heterocycles. The Balaban J connectivity index is 1.63. The standard InChI is InChI=1S/C17H21NO/c1-19-17-12-10-16(11-13-17)18-14-6-5-9-15-7-3-2-4-8-15/h2-4,7-8,10-13,18H,5-6,9,14H2,1H3. The van der Waals surface area contributed by atoms with Crippen LogP contribution in [0.3, 0.4) is 0 Å². The van der Waals surface area contributed by atoms with Crippen LogP contribution >= 0.6 is 0 Å². The molecule has 19 heavy (non-hydrogen) atoms. The lowest BCUT2D eigenvalue weighted by molar-refractivity contribution is 0.415. The Morgan fingerprint density at radius 3 is 2.32 bits per heavy atom. The Hall–Kier alpha value is -1.96. The van der Waals surface area contributed by atoms with E-state index in [1.165, 1.54) is 18.4 Å². The van der Waals surface area contributed by atoms with E-state index in [4.69, 9.17) is 4.74 Å². The van der Waals surface area contributed by atoms with Crippen LogP contribution in [0.2, 0.25) is 0 Å². The van der Waals surface area contributed by atoms with Gasteiger partial charge in [0.2, 0.25) is 0 Å². The van der Waals surface area contributed by atoms with Crippen molar-refractivity contribution < 1.29 is 4.74 Å². The molecule has 1 N–H and O–H groups in total. The van der Waals surface area contributed by atoms with Crippen molar-refractivity contribution >= 4 is 5.69 Å². The van der Waals surface area contributed by atoms with Crippen LogP contribution < -0.4 is 10.1 Å². The molecular weight excluding hydrogens is 234 g/mol. The summed E-state index contributed by atoms with van der Waals surface area (Å²) >= 11 is 0. The smallest absolute Gasteiger partial charge is 0.119 e. The minimum Gasteiger partial charge on any atom is -0.497 e. The molecule has 0 atom stereocenters. The molecule has 0 aliphatic carbocycles. The molecule has 0 fully saturated rings. The van der Waals surface area contributed by atoms with Crippen molar-refractivity contribution in [1.29, 1.82) is 0 Å². The van der Waals surface area contributed by atoms with Crippen molar-refractivity contribution in [3.8, 4) is 5.75 Å². The molecule has 0 aromatic heterocycles. The summed E-state index contributed by atoms with van der Waals surface area (Å²) < 4.78 is 5.13. The molecule has 0 unspecified atom stereocenters. The molecule has 0 radical (unpaired) electrons. The summed E-state index contributed by atoms with van der Waals surface area (Å²) in [5, 5.41) is 3.43. The number of aryl methyl sites for hydroxylation is 1. The maximum atomic E-state index is 5.13. The highest BCUT2D eigenvalue weighted by Crippen LogP contribution is 2.15. The minimum absolute atomic E-state index is 0.898. The van der Waals surface area contributed by atoms with Gasteiger partial charge >= 0.3 is 0 Å². The maximum Gasteiger partial charge on any atom is 0.119 e. The van der Waals surface area contributed by atoms with Crippen LogP contribution in [0, 0.1) is 0 Å². The molecule has 100 valence electrons. The minimum atomic E-state index is 0.898. The van der Waals surface area contributed by atoms with Gasteiger partial charge in [0.25, 0.3) is 0 Å². The van der Waals surface area contributed by atoms with Crippen molar-refractivity contribution in [2.45, 2.75) is 19.3 Å². The third kappa shape index (κ3) is 4.66. The van der Waals surface area contributed by atoms with E-state index < -0.39 is 0 Å². The lowest BCUT2D eigenvalue weighted by atomic mass is 10.1. The predicted octanol–water partition coefficient (Wildman–Crippen LogP) is 4.13. The summed E-state index contributed by atoms with van der Waals surface area (Å²) in [5.74, 6) is 0.898. The van der Waals surface area contributed by atoms with Gasteiger partial charge in [-0.2, -0.15) is 0 Å². The van der Waals surface area contributed by atoms with Gasteiger partial charge in [-0.1, -0.05) is 30.3 Å². The summed E-state index contributed by atoms with van der Waals surface area (Å²) in [4.78, 5) is 0. The molecule has 2 aromatic carbocycles. The molecular formula is C17H21NO. The highest BCUT2D eigenvalue weighted by Gasteiger charge is 1.95. The Labute approximate surface area is 115 Å². The fourth-order valence-electron chi connectivity index (χ4n) is 2.04. The van der Waals surface area contributed by atoms with Gasteiger partial charge in [-0.25, -0.2) is 0 Å². The van der Waals surface area contributed by atoms with Crippen LogP contribution in [0.15, 0.2) is 54.6 Å². The van der Waals surface area contributed by atoms with Crippen molar-refractivity contribution in [1.82, 2.24) is 0 Å². The van der Waals surface area contributed by atoms with E-state index in [0.29, 0.717) is 0 Å². The first-order valence-corrected chi connectivity index (χ1v) is 6.80. The average Bonchev–Trinajstić information content (AvgIpc) is 2.49. The van der Waals surface area contributed by atoms with Crippen LogP contribution in [0.25, 0.3) is 0 Å². The van der Waals surface area contributed by atoms with E-state index in [-0.39, 0.29) is 0 Å². The van der Waals surface area contributed by atoms with Gasteiger partial charge in [0.1, 0.15) is 5.75 Å². The Morgan fingerprint density at radius 1 is 0.895 bits per heavy atom. The molecule has 0 saturated heterocycles. The molecule has 2 aromatic rings. The topological polar surface area (TPSA) is 21.3 Å². The summed E-state index contributed by atoms with van der Waals surface area (Å²) in [7, 11) is 1.69. The lowest BCUT2D eigenvalue weighted by Crippen LogP contribution is -2.01. The van der Waals surface area contributed by atoms with Crippen molar-refractivity contribution in [2.75, 3.05) is 19.0 Å². The van der Waals surface area contributed by atoms with Crippen LogP contribution in [-0.4, -0.2) is 13.7 Å². The second kappa shape index (κ2) is 7.47. The predicted molar refractivity (Wildman–Crippen MR) is 80.9 cm³/mol. The highest BCUT2D eigenvalue weighted by atomic mass is 16.5. The number of methoxy groups -OCH3 is 1. The summed E-state index contributed by atoms with van der Waals surface area (Å²) in [6.45, 7) is 1.01. The molecule has 2 nitrogen and oxygen atoms in total. The van der Waals surface area contributed by atoms with E-state index in [2.05, 4.69) is 47.8 Å². The molecule has 0 aliphatic rings. The van der Waals surface area contributed by atoms with E-state index in [1.54, 1.807) is 7.11 Å². The average molecular weight is 255 g/mol. The Bertz CT molecular complexity index is 464. The van der Waals surface area contributed by atoms with E-state index in [0.717, 1.165) is 24.4 Å². The monoisotopic (exact) mass is 255 g/mol. The molecule has 0 saturated carbocycles. The first kappa shape index (κ1) is 13.5. The van der Waals surface area contributed by atoms with Crippen LogP contribution in [0.4, 0.5) is 5.69 Å². The van der Waals surface area contributed by atoms with Gasteiger partial charge in [0.05, 0.1) is 7.11 Å². The van der Waals surface area contributed by atoms with Gasteiger partial charge in [-0.15, -0.1) is 0 Å². The van der Waals surface area contributed by atoms with Crippen molar-refractivity contribution in [3.63, 3.8) is 0 Å². The second-order valence-corrected chi connectivity index (χ2v) is 4.60. The third-order valence-corrected chi connectivity index (χ3v) is 3.15. The summed E-state index contributed by atoms with van der Waals surface area (Å²) in [5.41, 5.74) is 2.58. The van der Waals surface area contributed by atoms with Gasteiger partial charge in [-0.3, -0.25) is 0 Å². The number of anilines is 1. The SMILES string of the molecule is COc1ccc(NCCCCc2ccccc2)cc1. The normalized spacial score (nSPS) is 10.2. The first-order chi connectivity index (χ1) is 9.38. The Morgan fingerprint density at radius 2 is 1.63 bits per heavy atom. The van der Waals surface area contributed by atoms with Crippen LogP contribution in [0.5, 0.6) is 5.75 Å². The number of ether oxygens (including phenoxy) is 1.